The van der Waals surface area contributed by atoms with Crippen molar-refractivity contribution in [2.24, 2.45) is 0 Å². The Morgan fingerprint density at radius 1 is 1.00 bits per heavy atom. The third-order valence-corrected chi connectivity index (χ3v) is 6.05. The molecule has 0 spiro atoms. The van der Waals surface area contributed by atoms with Gasteiger partial charge in [-0.15, -0.1) is 12.4 Å². The molecule has 136 valence electrons. The molecule has 0 atom stereocenters. The second-order valence-corrected chi connectivity index (χ2v) is 7.82. The second-order valence-electron chi connectivity index (χ2n) is 5.88. The Morgan fingerprint density at radius 3 is 2.24 bits per heavy atom. The number of hydrogen-bond acceptors (Lipinski definition) is 4. The van der Waals surface area contributed by atoms with Gasteiger partial charge in [0.2, 0.25) is 10.0 Å². The molecule has 25 heavy (non-hydrogen) atoms. The van der Waals surface area contributed by atoms with Gasteiger partial charge in [-0.25, -0.2) is 12.8 Å². The molecule has 2 N–H and O–H groups in total. The fourth-order valence-corrected chi connectivity index (χ4v) is 4.26. The van der Waals surface area contributed by atoms with Crippen LogP contribution in [0.2, 0.25) is 0 Å². The van der Waals surface area contributed by atoms with Crippen LogP contribution in [0.3, 0.4) is 0 Å². The molecule has 1 heterocycles. The van der Waals surface area contributed by atoms with Gasteiger partial charge < -0.3 is 5.73 Å². The Kier molecular flexibility index (Phi) is 6.40. The van der Waals surface area contributed by atoms with Gasteiger partial charge in [-0.1, -0.05) is 12.1 Å². The van der Waals surface area contributed by atoms with Crippen molar-refractivity contribution in [3.8, 4) is 0 Å². The summed E-state index contributed by atoms with van der Waals surface area (Å²) < 4.78 is 39.6. The van der Waals surface area contributed by atoms with E-state index in [0.29, 0.717) is 26.2 Å². The molecule has 1 aliphatic rings. The van der Waals surface area contributed by atoms with Crippen LogP contribution in [0.5, 0.6) is 0 Å². The predicted molar refractivity (Wildman–Crippen MR) is 98.5 cm³/mol. The van der Waals surface area contributed by atoms with Gasteiger partial charge in [0.15, 0.2) is 0 Å². The summed E-state index contributed by atoms with van der Waals surface area (Å²) in [4.78, 5) is 2.33. The lowest BCUT2D eigenvalue weighted by molar-refractivity contribution is 0.181. The normalized spacial score (nSPS) is 16.4. The van der Waals surface area contributed by atoms with Crippen molar-refractivity contribution in [3.05, 3.63) is 59.9 Å². The quantitative estimate of drug-likeness (QED) is 0.820. The maximum atomic E-state index is 13.0. The summed E-state index contributed by atoms with van der Waals surface area (Å²) in [5.41, 5.74) is 7.63. The van der Waals surface area contributed by atoms with Crippen LogP contribution in [-0.2, 0) is 16.6 Å². The van der Waals surface area contributed by atoms with Gasteiger partial charge in [-0.05, 0) is 42.0 Å². The summed E-state index contributed by atoms with van der Waals surface area (Å²) >= 11 is 0. The van der Waals surface area contributed by atoms with E-state index in [2.05, 4.69) is 4.90 Å². The molecule has 0 saturated carbocycles. The summed E-state index contributed by atoms with van der Waals surface area (Å²) in [6.45, 7) is 2.88. The highest BCUT2D eigenvalue weighted by Crippen LogP contribution is 2.19. The number of nitrogens with zero attached hydrogens (tertiary/aromatic N) is 2. The number of nitrogen functional groups attached to an aromatic ring is 1. The van der Waals surface area contributed by atoms with Gasteiger partial charge in [-0.2, -0.15) is 4.31 Å². The predicted octanol–water partition coefficient (Wildman–Crippen LogP) is 2.34. The maximum Gasteiger partial charge on any atom is 0.243 e. The van der Waals surface area contributed by atoms with Crippen LogP contribution >= 0.6 is 12.4 Å². The zero-order valence-electron chi connectivity index (χ0n) is 13.6. The van der Waals surface area contributed by atoms with Crippen LogP contribution in [0, 0.1) is 5.82 Å². The van der Waals surface area contributed by atoms with E-state index in [4.69, 9.17) is 5.73 Å². The Bertz CT molecular complexity index is 807. The Morgan fingerprint density at radius 2 is 1.64 bits per heavy atom. The number of anilines is 1. The Balaban J connectivity index is 0.00000225. The number of halogens is 2. The highest BCUT2D eigenvalue weighted by molar-refractivity contribution is 7.89. The van der Waals surface area contributed by atoms with E-state index < -0.39 is 15.8 Å². The van der Waals surface area contributed by atoms with E-state index in [0.717, 1.165) is 17.8 Å². The largest absolute Gasteiger partial charge is 0.399 e. The van der Waals surface area contributed by atoms with E-state index in [1.165, 1.54) is 28.6 Å². The molecule has 0 bridgehead atoms. The number of benzene rings is 2. The third kappa shape index (κ3) is 4.70. The SMILES string of the molecule is Cl.Nc1cccc(CN2CCN(S(=O)(=O)c3ccc(F)cc3)CC2)c1. The molecule has 0 aliphatic carbocycles. The first-order valence-corrected chi connectivity index (χ1v) is 9.22. The van der Waals surface area contributed by atoms with Crippen molar-refractivity contribution in [1.82, 2.24) is 9.21 Å². The molecule has 8 heteroatoms. The fraction of sp³-hybridized carbons (Fsp3) is 0.294. The molecule has 1 aliphatic heterocycles. The summed E-state index contributed by atoms with van der Waals surface area (Å²) in [6.07, 6.45) is 0. The second kappa shape index (κ2) is 8.14. The molecular weight excluding hydrogens is 365 g/mol. The molecule has 0 radical (unpaired) electrons. The van der Waals surface area contributed by atoms with Crippen molar-refractivity contribution in [1.29, 1.82) is 0 Å². The van der Waals surface area contributed by atoms with Gasteiger partial charge in [-0.3, -0.25) is 4.90 Å². The van der Waals surface area contributed by atoms with Crippen LogP contribution in [0.25, 0.3) is 0 Å². The molecule has 0 amide bonds. The van der Waals surface area contributed by atoms with E-state index in [1.807, 2.05) is 24.3 Å². The molecule has 5 nitrogen and oxygen atoms in total. The lowest BCUT2D eigenvalue weighted by Gasteiger charge is -2.34. The summed E-state index contributed by atoms with van der Waals surface area (Å²) in [5, 5.41) is 0. The first-order chi connectivity index (χ1) is 11.4. The molecule has 3 rings (SSSR count). The smallest absolute Gasteiger partial charge is 0.243 e. The minimum Gasteiger partial charge on any atom is -0.399 e. The van der Waals surface area contributed by atoms with Crippen molar-refractivity contribution in [2.75, 3.05) is 31.9 Å². The zero-order valence-corrected chi connectivity index (χ0v) is 15.3. The van der Waals surface area contributed by atoms with Crippen molar-refractivity contribution >= 4 is 28.1 Å². The average molecular weight is 386 g/mol. The molecule has 2 aromatic carbocycles. The van der Waals surface area contributed by atoms with E-state index in [1.54, 1.807) is 0 Å². The number of rotatable bonds is 4. The average Bonchev–Trinajstić information content (AvgIpc) is 2.56. The summed E-state index contributed by atoms with van der Waals surface area (Å²) in [5.74, 6) is -0.444. The van der Waals surface area contributed by atoms with Crippen LogP contribution in [0.1, 0.15) is 5.56 Å². The zero-order chi connectivity index (χ0) is 17.2. The lowest BCUT2D eigenvalue weighted by Crippen LogP contribution is -2.48. The molecule has 2 aromatic rings. The molecule has 1 saturated heterocycles. The van der Waals surface area contributed by atoms with E-state index >= 15 is 0 Å². The monoisotopic (exact) mass is 385 g/mol. The van der Waals surface area contributed by atoms with E-state index in [9.17, 15) is 12.8 Å². The van der Waals surface area contributed by atoms with Gasteiger partial charge in [0.1, 0.15) is 5.82 Å². The van der Waals surface area contributed by atoms with Crippen LogP contribution < -0.4 is 5.73 Å². The van der Waals surface area contributed by atoms with E-state index in [-0.39, 0.29) is 17.3 Å². The van der Waals surface area contributed by atoms with Gasteiger partial charge in [0, 0.05) is 38.4 Å². The molecule has 0 aromatic heterocycles. The topological polar surface area (TPSA) is 66.6 Å². The minimum absolute atomic E-state index is 0. The first kappa shape index (κ1) is 19.7. The number of piperazine rings is 1. The van der Waals surface area contributed by atoms with Crippen molar-refractivity contribution < 1.29 is 12.8 Å². The number of nitrogens with two attached hydrogens (primary N) is 1. The number of hydrogen-bond donors (Lipinski definition) is 1. The van der Waals surface area contributed by atoms with Gasteiger partial charge in [0.25, 0.3) is 0 Å². The maximum absolute atomic E-state index is 13.0. The highest BCUT2D eigenvalue weighted by Gasteiger charge is 2.28. The van der Waals surface area contributed by atoms with Crippen LogP contribution in [0.4, 0.5) is 10.1 Å². The summed E-state index contributed by atoms with van der Waals surface area (Å²) in [6, 6.07) is 12.7. The van der Waals surface area contributed by atoms with Crippen molar-refractivity contribution in [2.45, 2.75) is 11.4 Å². The molecule has 0 unspecified atom stereocenters. The molecular formula is C17H21ClFN3O2S. The highest BCUT2D eigenvalue weighted by atomic mass is 35.5. The van der Waals surface area contributed by atoms with Gasteiger partial charge in [0.05, 0.1) is 4.90 Å². The fourth-order valence-electron chi connectivity index (χ4n) is 2.83. The number of sulfonamides is 1. The summed E-state index contributed by atoms with van der Waals surface area (Å²) in [7, 11) is -3.56. The van der Waals surface area contributed by atoms with Gasteiger partial charge >= 0.3 is 0 Å². The standard InChI is InChI=1S/C17H20FN3O2S.ClH/c18-15-4-6-17(7-5-15)24(22,23)21-10-8-20(9-11-21)13-14-2-1-3-16(19)12-14;/h1-7,12H,8-11,13,19H2;1H. The molecule has 1 fully saturated rings. The van der Waals surface area contributed by atoms with Crippen LogP contribution in [0.15, 0.2) is 53.4 Å². The minimum atomic E-state index is -3.56. The van der Waals surface area contributed by atoms with Crippen molar-refractivity contribution in [3.63, 3.8) is 0 Å². The Labute approximate surface area is 153 Å². The Hall–Kier alpha value is -1.67. The lowest BCUT2D eigenvalue weighted by atomic mass is 10.2. The third-order valence-electron chi connectivity index (χ3n) is 4.14. The van der Waals surface area contributed by atoms with Crippen LogP contribution in [-0.4, -0.2) is 43.8 Å². The first-order valence-electron chi connectivity index (χ1n) is 7.78.